The van der Waals surface area contributed by atoms with Gasteiger partial charge < -0.3 is 0 Å². The van der Waals surface area contributed by atoms with Crippen LogP contribution in [0, 0.1) is 6.92 Å². The molecule has 0 saturated heterocycles. The molecule has 0 spiro atoms. The summed E-state index contributed by atoms with van der Waals surface area (Å²) in [5.41, 5.74) is 1.28. The second kappa shape index (κ2) is 5.90. The number of hydrogen-bond donors (Lipinski definition) is 0. The Hall–Kier alpha value is -2.75. The van der Waals surface area contributed by atoms with Gasteiger partial charge in [-0.05, 0) is 32.0 Å². The van der Waals surface area contributed by atoms with Gasteiger partial charge in [0.1, 0.15) is 10.7 Å². The number of rotatable bonds is 3. The lowest BCUT2D eigenvalue weighted by molar-refractivity contribution is -0.137. The monoisotopic (exact) mass is 378 g/mol. The van der Waals surface area contributed by atoms with E-state index in [2.05, 4.69) is 20.4 Å². The van der Waals surface area contributed by atoms with Gasteiger partial charge in [-0.25, -0.2) is 0 Å². The third-order valence-corrected chi connectivity index (χ3v) is 4.81. The van der Waals surface area contributed by atoms with E-state index in [9.17, 15) is 13.2 Å². The standard InChI is InChI=1S/C16H13F3N6S/c1-3-24-12(7-9(2)22-24)13-20-21-15-25(13)23-14(26-15)10-5-4-6-11(8-10)16(17,18)19/h4-8H,3H2,1-2H3. The molecular formula is C16H13F3N6S. The van der Waals surface area contributed by atoms with Gasteiger partial charge in [0.05, 0.1) is 11.3 Å². The van der Waals surface area contributed by atoms with Crippen molar-refractivity contribution in [2.75, 3.05) is 0 Å². The van der Waals surface area contributed by atoms with E-state index in [1.165, 1.54) is 17.4 Å². The van der Waals surface area contributed by atoms with Crippen LogP contribution in [-0.4, -0.2) is 29.6 Å². The van der Waals surface area contributed by atoms with Crippen molar-refractivity contribution in [1.82, 2.24) is 29.6 Å². The third kappa shape index (κ3) is 2.75. The van der Waals surface area contributed by atoms with Crippen molar-refractivity contribution >= 4 is 16.3 Å². The van der Waals surface area contributed by atoms with Crippen molar-refractivity contribution in [3.63, 3.8) is 0 Å². The summed E-state index contributed by atoms with van der Waals surface area (Å²) in [5.74, 6) is 0.511. The van der Waals surface area contributed by atoms with Gasteiger partial charge in [-0.15, -0.1) is 10.2 Å². The number of halogens is 3. The van der Waals surface area contributed by atoms with E-state index >= 15 is 0 Å². The molecule has 4 rings (SSSR count). The number of benzene rings is 1. The number of nitrogens with zero attached hydrogens (tertiary/aromatic N) is 6. The number of alkyl halides is 3. The van der Waals surface area contributed by atoms with Crippen LogP contribution in [-0.2, 0) is 12.7 Å². The normalized spacial score (nSPS) is 12.2. The predicted octanol–water partition coefficient (Wildman–Crippen LogP) is 4.06. The molecule has 0 unspecified atom stereocenters. The van der Waals surface area contributed by atoms with Crippen LogP contribution in [0.25, 0.3) is 27.1 Å². The molecular weight excluding hydrogens is 365 g/mol. The van der Waals surface area contributed by atoms with Gasteiger partial charge in [-0.1, -0.05) is 23.5 Å². The van der Waals surface area contributed by atoms with Crippen LogP contribution in [0.15, 0.2) is 30.3 Å². The molecule has 26 heavy (non-hydrogen) atoms. The van der Waals surface area contributed by atoms with E-state index in [0.717, 1.165) is 23.5 Å². The largest absolute Gasteiger partial charge is 0.416 e. The molecule has 0 N–H and O–H groups in total. The maximum Gasteiger partial charge on any atom is 0.416 e. The summed E-state index contributed by atoms with van der Waals surface area (Å²) in [6, 6.07) is 6.98. The molecule has 0 saturated carbocycles. The fourth-order valence-corrected chi connectivity index (χ4v) is 3.52. The highest BCUT2D eigenvalue weighted by Gasteiger charge is 2.30. The van der Waals surface area contributed by atoms with Crippen molar-refractivity contribution in [2.24, 2.45) is 0 Å². The van der Waals surface area contributed by atoms with Gasteiger partial charge in [0.2, 0.25) is 10.8 Å². The van der Waals surface area contributed by atoms with Crippen LogP contribution in [0.2, 0.25) is 0 Å². The first-order valence-electron chi connectivity index (χ1n) is 7.81. The second-order valence-electron chi connectivity index (χ2n) is 5.69. The zero-order chi connectivity index (χ0) is 18.5. The topological polar surface area (TPSA) is 60.9 Å². The Morgan fingerprint density at radius 3 is 2.65 bits per heavy atom. The van der Waals surface area contributed by atoms with Crippen LogP contribution in [0.4, 0.5) is 13.2 Å². The molecule has 0 atom stereocenters. The molecule has 1 aromatic carbocycles. The lowest BCUT2D eigenvalue weighted by Crippen LogP contribution is -2.04. The summed E-state index contributed by atoms with van der Waals surface area (Å²) in [5, 5.41) is 17.5. The van der Waals surface area contributed by atoms with Crippen LogP contribution < -0.4 is 0 Å². The molecule has 0 bridgehead atoms. The van der Waals surface area contributed by atoms with Crippen LogP contribution >= 0.6 is 11.3 Å². The molecule has 0 aliphatic carbocycles. The van der Waals surface area contributed by atoms with E-state index in [4.69, 9.17) is 0 Å². The summed E-state index contributed by atoms with van der Waals surface area (Å²) in [6.45, 7) is 4.50. The van der Waals surface area contributed by atoms with Crippen LogP contribution in [0.1, 0.15) is 18.2 Å². The number of hydrogen-bond acceptors (Lipinski definition) is 5. The highest BCUT2D eigenvalue weighted by Crippen LogP contribution is 2.34. The first-order chi connectivity index (χ1) is 12.4. The van der Waals surface area contributed by atoms with Crippen molar-refractivity contribution in [3.05, 3.63) is 41.6 Å². The quantitative estimate of drug-likeness (QED) is 0.539. The van der Waals surface area contributed by atoms with Gasteiger partial charge in [-0.2, -0.15) is 27.9 Å². The maximum atomic E-state index is 12.9. The molecule has 4 aromatic rings. The van der Waals surface area contributed by atoms with Crippen molar-refractivity contribution in [1.29, 1.82) is 0 Å². The van der Waals surface area contributed by atoms with Crippen molar-refractivity contribution < 1.29 is 13.2 Å². The van der Waals surface area contributed by atoms with Crippen molar-refractivity contribution in [3.8, 4) is 22.1 Å². The van der Waals surface area contributed by atoms with Gasteiger partial charge in [-0.3, -0.25) is 4.68 Å². The van der Waals surface area contributed by atoms with E-state index in [0.29, 0.717) is 27.9 Å². The first kappa shape index (κ1) is 16.7. The Labute approximate surface area is 149 Å². The minimum atomic E-state index is -4.40. The Balaban J connectivity index is 1.82. The summed E-state index contributed by atoms with van der Waals surface area (Å²) >= 11 is 1.19. The Bertz CT molecular complexity index is 1090. The summed E-state index contributed by atoms with van der Waals surface area (Å²) in [4.78, 5) is 0.508. The van der Waals surface area contributed by atoms with Gasteiger partial charge >= 0.3 is 6.18 Å². The Morgan fingerprint density at radius 2 is 1.92 bits per heavy atom. The zero-order valence-corrected chi connectivity index (χ0v) is 14.6. The predicted molar refractivity (Wildman–Crippen MR) is 90.7 cm³/mol. The maximum absolute atomic E-state index is 12.9. The first-order valence-corrected chi connectivity index (χ1v) is 8.63. The molecule has 3 heterocycles. The number of fused-ring (bicyclic) bond motifs is 1. The van der Waals surface area contributed by atoms with Crippen LogP contribution in [0.5, 0.6) is 0 Å². The van der Waals surface area contributed by atoms with E-state index < -0.39 is 11.7 Å². The van der Waals surface area contributed by atoms with Crippen molar-refractivity contribution in [2.45, 2.75) is 26.6 Å². The lowest BCUT2D eigenvalue weighted by atomic mass is 10.1. The molecule has 0 amide bonds. The molecule has 3 aromatic heterocycles. The molecule has 0 radical (unpaired) electrons. The molecule has 0 fully saturated rings. The minimum Gasteiger partial charge on any atom is -0.262 e. The molecule has 134 valence electrons. The summed E-state index contributed by atoms with van der Waals surface area (Å²) < 4.78 is 42.2. The second-order valence-corrected chi connectivity index (χ2v) is 6.65. The van der Waals surface area contributed by atoms with E-state index in [1.54, 1.807) is 15.3 Å². The SMILES string of the molecule is CCn1nc(C)cc1-c1nnc2sc(-c3cccc(C(F)(F)F)c3)nn12. The molecule has 0 aliphatic rings. The minimum absolute atomic E-state index is 0.390. The van der Waals surface area contributed by atoms with Gasteiger partial charge in [0.15, 0.2) is 0 Å². The molecule has 10 heteroatoms. The third-order valence-electron chi connectivity index (χ3n) is 3.86. The molecule has 6 nitrogen and oxygen atoms in total. The summed E-state index contributed by atoms with van der Waals surface area (Å²) in [6.07, 6.45) is -4.40. The number of aromatic nitrogens is 6. The molecule has 0 aliphatic heterocycles. The average molecular weight is 378 g/mol. The fraction of sp³-hybridized carbons (Fsp3) is 0.250. The highest BCUT2D eigenvalue weighted by atomic mass is 32.1. The highest BCUT2D eigenvalue weighted by molar-refractivity contribution is 7.19. The Kier molecular flexibility index (Phi) is 3.79. The van der Waals surface area contributed by atoms with E-state index in [1.807, 2.05) is 19.9 Å². The zero-order valence-electron chi connectivity index (χ0n) is 13.8. The van der Waals surface area contributed by atoms with Crippen LogP contribution in [0.3, 0.4) is 0 Å². The summed E-state index contributed by atoms with van der Waals surface area (Å²) in [7, 11) is 0. The Morgan fingerprint density at radius 1 is 1.12 bits per heavy atom. The smallest absolute Gasteiger partial charge is 0.262 e. The average Bonchev–Trinajstić information content (AvgIpc) is 3.27. The number of aryl methyl sites for hydroxylation is 2. The van der Waals surface area contributed by atoms with Gasteiger partial charge in [0, 0.05) is 12.1 Å². The lowest BCUT2D eigenvalue weighted by Gasteiger charge is -2.06. The van der Waals surface area contributed by atoms with Gasteiger partial charge in [0.25, 0.3) is 0 Å². The van der Waals surface area contributed by atoms with E-state index in [-0.39, 0.29) is 0 Å². The fourth-order valence-electron chi connectivity index (χ4n) is 2.69.